The molecule has 0 aliphatic heterocycles. The number of ketones is 1. The molecule has 1 fully saturated rings. The van der Waals surface area contributed by atoms with Crippen LogP contribution in [0, 0.1) is 6.92 Å². The first-order chi connectivity index (χ1) is 9.65. The van der Waals surface area contributed by atoms with Crippen LogP contribution in [0.2, 0.25) is 0 Å². The molecular formula is C18H17BrO. The summed E-state index contributed by atoms with van der Waals surface area (Å²) in [6.07, 6.45) is 3.83. The number of carbonyl (C=O) groups excluding carboxylic acids is 1. The van der Waals surface area contributed by atoms with Crippen LogP contribution in [0.25, 0.3) is 0 Å². The van der Waals surface area contributed by atoms with Crippen LogP contribution in [-0.4, -0.2) is 5.78 Å². The third-order valence-electron chi connectivity index (χ3n) is 4.17. The zero-order chi connectivity index (χ0) is 14.1. The smallest absolute Gasteiger partial charge is 0.193 e. The predicted molar refractivity (Wildman–Crippen MR) is 85.3 cm³/mol. The molecule has 1 aliphatic rings. The van der Waals surface area contributed by atoms with Gasteiger partial charge in [0.2, 0.25) is 0 Å². The first-order valence-corrected chi connectivity index (χ1v) is 7.85. The molecule has 3 rings (SSSR count). The minimum atomic E-state index is 0.116. The van der Waals surface area contributed by atoms with Crippen molar-refractivity contribution in [3.63, 3.8) is 0 Å². The normalized spacial score (nSPS) is 14.9. The minimum Gasteiger partial charge on any atom is -0.289 e. The molecule has 0 atom stereocenters. The average molecular weight is 329 g/mol. The first kappa shape index (κ1) is 13.6. The molecule has 0 aromatic heterocycles. The Morgan fingerprint density at radius 3 is 2.65 bits per heavy atom. The van der Waals surface area contributed by atoms with Gasteiger partial charge in [-0.1, -0.05) is 46.6 Å². The largest absolute Gasteiger partial charge is 0.289 e. The molecule has 20 heavy (non-hydrogen) atoms. The second kappa shape index (κ2) is 5.53. The van der Waals surface area contributed by atoms with Gasteiger partial charge in [0.05, 0.1) is 0 Å². The third-order valence-corrected chi connectivity index (χ3v) is 4.66. The molecule has 2 aromatic carbocycles. The van der Waals surface area contributed by atoms with Gasteiger partial charge in [-0.2, -0.15) is 0 Å². The molecule has 1 saturated carbocycles. The number of carbonyl (C=O) groups is 1. The summed E-state index contributed by atoms with van der Waals surface area (Å²) in [5.74, 6) is 0.774. The topological polar surface area (TPSA) is 17.1 Å². The van der Waals surface area contributed by atoms with Gasteiger partial charge in [0.1, 0.15) is 0 Å². The number of aryl methyl sites for hydroxylation is 1. The molecule has 0 saturated heterocycles. The van der Waals surface area contributed by atoms with Gasteiger partial charge in [-0.3, -0.25) is 4.79 Å². The average Bonchev–Trinajstić information content (AvgIpc) is 2.39. The summed E-state index contributed by atoms with van der Waals surface area (Å²) >= 11 is 3.44. The molecule has 2 aromatic rings. The van der Waals surface area contributed by atoms with Crippen LogP contribution in [0.3, 0.4) is 0 Å². The lowest BCUT2D eigenvalue weighted by Gasteiger charge is -2.26. The maximum Gasteiger partial charge on any atom is 0.193 e. The van der Waals surface area contributed by atoms with Gasteiger partial charge in [-0.15, -0.1) is 0 Å². The van der Waals surface area contributed by atoms with Crippen molar-refractivity contribution >= 4 is 21.7 Å². The van der Waals surface area contributed by atoms with Crippen LogP contribution in [0.4, 0.5) is 0 Å². The zero-order valence-corrected chi connectivity index (χ0v) is 13.1. The molecule has 0 heterocycles. The van der Waals surface area contributed by atoms with Crippen LogP contribution in [0.5, 0.6) is 0 Å². The highest BCUT2D eigenvalue weighted by Crippen LogP contribution is 2.36. The molecule has 0 radical (unpaired) electrons. The van der Waals surface area contributed by atoms with Gasteiger partial charge in [0, 0.05) is 15.6 Å². The fourth-order valence-electron chi connectivity index (χ4n) is 2.67. The first-order valence-electron chi connectivity index (χ1n) is 7.06. The van der Waals surface area contributed by atoms with E-state index >= 15 is 0 Å². The van der Waals surface area contributed by atoms with E-state index in [0.29, 0.717) is 5.92 Å². The molecule has 0 bridgehead atoms. The molecule has 2 heteroatoms. The van der Waals surface area contributed by atoms with E-state index in [1.165, 1.54) is 24.8 Å². The van der Waals surface area contributed by atoms with E-state index in [4.69, 9.17) is 0 Å². The lowest BCUT2D eigenvalue weighted by molar-refractivity contribution is 0.103. The van der Waals surface area contributed by atoms with Gasteiger partial charge in [-0.05, 0) is 55.0 Å². The maximum atomic E-state index is 12.7. The Labute approximate surface area is 128 Å². The standard InChI is InChI=1S/C18H17BrO/c1-12-8-9-16(19)11-17(12)18(20)15-7-3-6-14(10-15)13-4-2-5-13/h3,6-11,13H,2,4-5H2,1H3. The minimum absolute atomic E-state index is 0.116. The number of rotatable bonds is 3. The van der Waals surface area contributed by atoms with Crippen LogP contribution < -0.4 is 0 Å². The van der Waals surface area contributed by atoms with Crippen molar-refractivity contribution in [2.75, 3.05) is 0 Å². The molecule has 102 valence electrons. The highest BCUT2D eigenvalue weighted by molar-refractivity contribution is 9.10. The van der Waals surface area contributed by atoms with Crippen LogP contribution in [0.1, 0.15) is 52.2 Å². The quantitative estimate of drug-likeness (QED) is 0.702. The SMILES string of the molecule is Cc1ccc(Br)cc1C(=O)c1cccc(C2CCC2)c1. The van der Waals surface area contributed by atoms with Crippen molar-refractivity contribution in [1.29, 1.82) is 0 Å². The van der Waals surface area contributed by atoms with E-state index in [0.717, 1.165) is 21.2 Å². The maximum absolute atomic E-state index is 12.7. The van der Waals surface area contributed by atoms with Crippen molar-refractivity contribution in [2.24, 2.45) is 0 Å². The van der Waals surface area contributed by atoms with Gasteiger partial charge in [0.25, 0.3) is 0 Å². The van der Waals surface area contributed by atoms with Gasteiger partial charge in [-0.25, -0.2) is 0 Å². The summed E-state index contributed by atoms with van der Waals surface area (Å²) in [7, 11) is 0. The monoisotopic (exact) mass is 328 g/mol. The Balaban J connectivity index is 1.95. The second-order valence-corrected chi connectivity index (χ2v) is 6.46. The Hall–Kier alpha value is -1.41. The van der Waals surface area contributed by atoms with E-state index in [1.807, 2.05) is 37.3 Å². The van der Waals surface area contributed by atoms with Crippen LogP contribution in [-0.2, 0) is 0 Å². The molecular weight excluding hydrogens is 312 g/mol. The van der Waals surface area contributed by atoms with E-state index in [1.54, 1.807) is 0 Å². The third kappa shape index (κ3) is 2.57. The van der Waals surface area contributed by atoms with Crippen molar-refractivity contribution in [3.8, 4) is 0 Å². The summed E-state index contributed by atoms with van der Waals surface area (Å²) < 4.78 is 0.946. The van der Waals surface area contributed by atoms with E-state index in [9.17, 15) is 4.79 Å². The Kier molecular flexibility index (Phi) is 3.75. The number of halogens is 1. The van der Waals surface area contributed by atoms with E-state index in [-0.39, 0.29) is 5.78 Å². The summed E-state index contributed by atoms with van der Waals surface area (Å²) in [5, 5.41) is 0. The van der Waals surface area contributed by atoms with Gasteiger partial charge >= 0.3 is 0 Å². The fourth-order valence-corrected chi connectivity index (χ4v) is 3.03. The summed E-state index contributed by atoms with van der Waals surface area (Å²) in [5.41, 5.74) is 3.92. The van der Waals surface area contributed by atoms with Gasteiger partial charge in [0.15, 0.2) is 5.78 Å². The van der Waals surface area contributed by atoms with Crippen LogP contribution >= 0.6 is 15.9 Å². The van der Waals surface area contributed by atoms with E-state index < -0.39 is 0 Å². The Morgan fingerprint density at radius 1 is 1.15 bits per heavy atom. The van der Waals surface area contributed by atoms with Crippen molar-refractivity contribution in [3.05, 3.63) is 69.2 Å². The molecule has 1 aliphatic carbocycles. The lowest BCUT2D eigenvalue weighted by atomic mass is 9.79. The highest BCUT2D eigenvalue weighted by Gasteiger charge is 2.20. The Bertz CT molecular complexity index is 656. The molecule has 0 N–H and O–H groups in total. The number of benzene rings is 2. The van der Waals surface area contributed by atoms with Crippen LogP contribution in [0.15, 0.2) is 46.9 Å². The number of hydrogen-bond donors (Lipinski definition) is 0. The second-order valence-electron chi connectivity index (χ2n) is 5.54. The molecule has 0 spiro atoms. The van der Waals surface area contributed by atoms with Crippen molar-refractivity contribution in [2.45, 2.75) is 32.1 Å². The van der Waals surface area contributed by atoms with Crippen molar-refractivity contribution in [1.82, 2.24) is 0 Å². The molecule has 0 unspecified atom stereocenters. The highest BCUT2D eigenvalue weighted by atomic mass is 79.9. The van der Waals surface area contributed by atoms with Crippen molar-refractivity contribution < 1.29 is 4.79 Å². The van der Waals surface area contributed by atoms with Gasteiger partial charge < -0.3 is 0 Å². The fraction of sp³-hybridized carbons (Fsp3) is 0.278. The zero-order valence-electron chi connectivity index (χ0n) is 11.5. The molecule has 1 nitrogen and oxygen atoms in total. The summed E-state index contributed by atoms with van der Waals surface area (Å²) in [4.78, 5) is 12.7. The molecule has 0 amide bonds. The Morgan fingerprint density at radius 2 is 1.95 bits per heavy atom. The summed E-state index contributed by atoms with van der Waals surface area (Å²) in [6.45, 7) is 1.98. The predicted octanol–water partition coefficient (Wildman–Crippen LogP) is 5.26. The lowest BCUT2D eigenvalue weighted by Crippen LogP contribution is -2.10. The number of hydrogen-bond acceptors (Lipinski definition) is 1. The van der Waals surface area contributed by atoms with E-state index in [2.05, 4.69) is 28.1 Å². The summed E-state index contributed by atoms with van der Waals surface area (Å²) in [6, 6.07) is 14.0.